The molecule has 0 saturated carbocycles. The Balaban J connectivity index is 1.72. The summed E-state index contributed by atoms with van der Waals surface area (Å²) in [7, 11) is 0. The van der Waals surface area contributed by atoms with Gasteiger partial charge in [-0.2, -0.15) is 9.78 Å². The summed E-state index contributed by atoms with van der Waals surface area (Å²) in [6, 6.07) is 7.17. The number of hydrogen-bond acceptors (Lipinski definition) is 7. The molecule has 1 aliphatic rings. The molecule has 0 aliphatic carbocycles. The van der Waals surface area contributed by atoms with Crippen LogP contribution in [-0.4, -0.2) is 66.2 Å². The maximum Gasteiger partial charge on any atom is 0.282 e. The van der Waals surface area contributed by atoms with E-state index in [4.69, 9.17) is 19.2 Å². The Morgan fingerprint density at radius 1 is 1.13 bits per heavy atom. The van der Waals surface area contributed by atoms with E-state index in [1.54, 1.807) is 23.2 Å². The minimum Gasteiger partial charge on any atom is -0.490 e. The molecular weight excluding hydrogens is 700 g/mol. The first-order valence-electron chi connectivity index (χ1n) is 12.4. The zero-order chi connectivity index (χ0) is 28.3. The van der Waals surface area contributed by atoms with Crippen molar-refractivity contribution in [2.75, 3.05) is 39.5 Å². The van der Waals surface area contributed by atoms with Gasteiger partial charge in [0.2, 0.25) is 0 Å². The summed E-state index contributed by atoms with van der Waals surface area (Å²) in [5, 5.41) is 5.03. The van der Waals surface area contributed by atoms with Crippen molar-refractivity contribution < 1.29 is 19.0 Å². The van der Waals surface area contributed by atoms with Crippen LogP contribution >= 0.6 is 47.8 Å². The van der Waals surface area contributed by atoms with Gasteiger partial charge >= 0.3 is 0 Å². The Morgan fingerprint density at radius 2 is 1.85 bits per heavy atom. The number of halogens is 3. The third-order valence-electron chi connectivity index (χ3n) is 5.95. The predicted molar refractivity (Wildman–Crippen MR) is 161 cm³/mol. The summed E-state index contributed by atoms with van der Waals surface area (Å²) >= 11 is 10.6. The SMILES string of the molecule is CCOc1cc(C=Nn2c(C(C)(C)C)nc3ccc(Br)cc3c2=O)c(Br)c(Br)c1OCC(=O)N1CCOCC1. The fourth-order valence-electron chi connectivity index (χ4n) is 4.00. The number of carbonyl (C=O) groups excluding carboxylic acids is 1. The number of carbonyl (C=O) groups is 1. The second-order valence-electron chi connectivity index (χ2n) is 9.84. The highest BCUT2D eigenvalue weighted by atomic mass is 79.9. The van der Waals surface area contributed by atoms with Crippen LogP contribution in [-0.2, 0) is 14.9 Å². The molecule has 39 heavy (non-hydrogen) atoms. The Morgan fingerprint density at radius 3 is 2.51 bits per heavy atom. The molecule has 4 rings (SSSR count). The van der Waals surface area contributed by atoms with Crippen LogP contribution in [0.4, 0.5) is 0 Å². The fraction of sp³-hybridized carbons (Fsp3) is 0.407. The molecule has 0 radical (unpaired) electrons. The van der Waals surface area contributed by atoms with Gasteiger partial charge in [0.15, 0.2) is 18.1 Å². The molecule has 3 aromatic rings. The van der Waals surface area contributed by atoms with Gasteiger partial charge in [-0.1, -0.05) is 36.7 Å². The summed E-state index contributed by atoms with van der Waals surface area (Å²) in [5.74, 6) is 1.24. The normalized spacial score (nSPS) is 14.3. The largest absolute Gasteiger partial charge is 0.490 e. The standard InChI is InChI=1S/C27H29Br3N4O5/c1-5-38-20-12-16(22(29)23(30)24(20)39-15-21(35)33-8-10-37-11-9-33)14-31-34-25(36)18-13-17(28)6-7-19(18)32-26(34)27(2,3)4/h6-7,12-14H,5,8-11,15H2,1-4H3. The number of aromatic nitrogens is 2. The number of ether oxygens (including phenoxy) is 3. The van der Waals surface area contributed by atoms with Crippen LogP contribution in [0.15, 0.2) is 47.6 Å². The molecule has 208 valence electrons. The van der Waals surface area contributed by atoms with E-state index in [1.165, 1.54) is 4.68 Å². The van der Waals surface area contributed by atoms with Crippen molar-refractivity contribution in [1.29, 1.82) is 0 Å². The van der Waals surface area contributed by atoms with Gasteiger partial charge in [0.05, 0.1) is 41.4 Å². The van der Waals surface area contributed by atoms with Crippen LogP contribution in [0.5, 0.6) is 11.5 Å². The predicted octanol–water partition coefficient (Wildman–Crippen LogP) is 5.50. The number of hydrogen-bond donors (Lipinski definition) is 0. The quantitative estimate of drug-likeness (QED) is 0.299. The number of amides is 1. The van der Waals surface area contributed by atoms with E-state index >= 15 is 0 Å². The van der Waals surface area contributed by atoms with E-state index in [9.17, 15) is 9.59 Å². The summed E-state index contributed by atoms with van der Waals surface area (Å²) in [6.45, 7) is 10.2. The lowest BCUT2D eigenvalue weighted by Crippen LogP contribution is -2.43. The van der Waals surface area contributed by atoms with Gasteiger partial charge in [0.25, 0.3) is 11.5 Å². The molecule has 2 aromatic carbocycles. The third-order valence-corrected chi connectivity index (χ3v) is 8.59. The summed E-state index contributed by atoms with van der Waals surface area (Å²) in [4.78, 5) is 32.6. The molecule has 0 unspecified atom stereocenters. The maximum atomic E-state index is 13.5. The summed E-state index contributed by atoms with van der Waals surface area (Å²) in [5.41, 5.74) is 0.523. The maximum absolute atomic E-state index is 13.5. The Hall–Kier alpha value is -2.28. The summed E-state index contributed by atoms with van der Waals surface area (Å²) in [6.07, 6.45) is 1.57. The van der Waals surface area contributed by atoms with Gasteiger partial charge in [0.1, 0.15) is 5.82 Å². The van der Waals surface area contributed by atoms with Crippen LogP contribution in [0.25, 0.3) is 10.9 Å². The Bertz CT molecular complexity index is 1480. The summed E-state index contributed by atoms with van der Waals surface area (Å²) < 4.78 is 20.4. The lowest BCUT2D eigenvalue weighted by Gasteiger charge is -2.27. The van der Waals surface area contributed by atoms with E-state index in [1.807, 2.05) is 39.8 Å². The molecule has 1 aliphatic heterocycles. The van der Waals surface area contributed by atoms with Crippen molar-refractivity contribution in [2.24, 2.45) is 5.10 Å². The highest BCUT2D eigenvalue weighted by molar-refractivity contribution is 9.13. The highest BCUT2D eigenvalue weighted by Crippen LogP contribution is 2.42. The minimum absolute atomic E-state index is 0.126. The molecule has 1 saturated heterocycles. The molecule has 0 atom stereocenters. The second kappa shape index (κ2) is 12.5. The lowest BCUT2D eigenvalue weighted by molar-refractivity contribution is -0.137. The topological polar surface area (TPSA) is 95.2 Å². The smallest absolute Gasteiger partial charge is 0.282 e. The van der Waals surface area contributed by atoms with Crippen molar-refractivity contribution in [1.82, 2.24) is 14.6 Å². The molecule has 1 amide bonds. The molecule has 0 bridgehead atoms. The van der Waals surface area contributed by atoms with E-state index in [2.05, 4.69) is 52.9 Å². The first kappa shape index (κ1) is 29.7. The highest BCUT2D eigenvalue weighted by Gasteiger charge is 2.24. The third kappa shape index (κ3) is 6.72. The number of benzene rings is 2. The fourth-order valence-corrected chi connectivity index (χ4v) is 5.29. The molecule has 1 fully saturated rings. The molecule has 0 N–H and O–H groups in total. The van der Waals surface area contributed by atoms with Crippen LogP contribution in [0, 0.1) is 0 Å². The van der Waals surface area contributed by atoms with Crippen molar-refractivity contribution in [3.63, 3.8) is 0 Å². The van der Waals surface area contributed by atoms with Crippen molar-refractivity contribution in [2.45, 2.75) is 33.1 Å². The first-order valence-corrected chi connectivity index (χ1v) is 14.8. The molecular formula is C27H29Br3N4O5. The van der Waals surface area contributed by atoms with Crippen LogP contribution in [0.3, 0.4) is 0 Å². The van der Waals surface area contributed by atoms with Gasteiger partial charge in [0, 0.05) is 33.0 Å². The molecule has 12 heteroatoms. The zero-order valence-corrected chi connectivity index (χ0v) is 26.9. The molecule has 0 spiro atoms. The number of nitrogens with zero attached hydrogens (tertiary/aromatic N) is 4. The van der Waals surface area contributed by atoms with Gasteiger partial charge in [-0.3, -0.25) is 9.59 Å². The van der Waals surface area contributed by atoms with Crippen molar-refractivity contribution in [3.8, 4) is 11.5 Å². The number of rotatable bonds is 7. The van der Waals surface area contributed by atoms with Gasteiger partial charge < -0.3 is 19.1 Å². The zero-order valence-electron chi connectivity index (χ0n) is 22.1. The molecule has 1 aromatic heterocycles. The molecule has 9 nitrogen and oxygen atoms in total. The number of morpholine rings is 1. The van der Waals surface area contributed by atoms with Crippen LogP contribution < -0.4 is 15.0 Å². The van der Waals surface area contributed by atoms with Crippen LogP contribution in [0.2, 0.25) is 0 Å². The average Bonchev–Trinajstić information content (AvgIpc) is 2.90. The Labute approximate surface area is 251 Å². The minimum atomic E-state index is -0.448. The van der Waals surface area contributed by atoms with E-state index in [0.29, 0.717) is 75.6 Å². The average molecular weight is 729 g/mol. The van der Waals surface area contributed by atoms with Gasteiger partial charge in [-0.15, -0.1) is 0 Å². The van der Waals surface area contributed by atoms with Crippen molar-refractivity contribution in [3.05, 3.63) is 59.4 Å². The molecule has 2 heterocycles. The second-order valence-corrected chi connectivity index (χ2v) is 12.3. The first-order chi connectivity index (χ1) is 18.5. The Kier molecular flexibility index (Phi) is 9.51. The van der Waals surface area contributed by atoms with Crippen molar-refractivity contribution >= 4 is 70.8 Å². The van der Waals surface area contributed by atoms with E-state index in [-0.39, 0.29) is 18.1 Å². The lowest BCUT2D eigenvalue weighted by atomic mass is 9.95. The van der Waals surface area contributed by atoms with Crippen LogP contribution in [0.1, 0.15) is 39.1 Å². The number of fused-ring (bicyclic) bond motifs is 1. The van der Waals surface area contributed by atoms with Gasteiger partial charge in [-0.25, -0.2) is 4.98 Å². The van der Waals surface area contributed by atoms with E-state index in [0.717, 1.165) is 4.47 Å². The monoisotopic (exact) mass is 726 g/mol. The van der Waals surface area contributed by atoms with Gasteiger partial charge in [-0.05, 0) is 63.0 Å². The van der Waals surface area contributed by atoms with E-state index < -0.39 is 5.41 Å².